The zero-order valence-corrected chi connectivity index (χ0v) is 16.2. The van der Waals surface area contributed by atoms with Crippen LogP contribution in [0.4, 0.5) is 0 Å². The predicted octanol–water partition coefficient (Wildman–Crippen LogP) is 3.35. The van der Waals surface area contributed by atoms with Crippen molar-refractivity contribution in [2.24, 2.45) is 7.05 Å². The normalized spacial score (nSPS) is 10.7. The Hall–Kier alpha value is -2.73. The third-order valence-corrected chi connectivity index (χ3v) is 5.25. The molecule has 0 atom stereocenters. The van der Waals surface area contributed by atoms with E-state index in [9.17, 15) is 9.59 Å². The van der Waals surface area contributed by atoms with Gasteiger partial charge in [-0.25, -0.2) is 0 Å². The summed E-state index contributed by atoms with van der Waals surface area (Å²) in [5, 5.41) is 3.89. The lowest BCUT2D eigenvalue weighted by atomic mass is 10.2. The Balaban J connectivity index is 1.60. The molecule has 0 aliphatic rings. The van der Waals surface area contributed by atoms with Gasteiger partial charge in [-0.1, -0.05) is 30.3 Å². The first-order valence-electron chi connectivity index (χ1n) is 8.78. The summed E-state index contributed by atoms with van der Waals surface area (Å²) in [5.41, 5.74) is 1.80. The van der Waals surface area contributed by atoms with Crippen molar-refractivity contribution in [1.29, 1.82) is 0 Å². The molecule has 0 aliphatic carbocycles. The Morgan fingerprint density at radius 3 is 2.63 bits per heavy atom. The second-order valence-corrected chi connectivity index (χ2v) is 7.08. The maximum Gasteiger partial charge on any atom is 0.251 e. The smallest absolute Gasteiger partial charge is 0.251 e. The molecule has 0 fully saturated rings. The first-order valence-corrected chi connectivity index (χ1v) is 9.77. The summed E-state index contributed by atoms with van der Waals surface area (Å²) >= 11 is 1.38. The molecule has 1 N–H and O–H groups in total. The third kappa shape index (κ3) is 4.71. The fourth-order valence-electron chi connectivity index (χ4n) is 2.76. The fraction of sp³-hybridized carbons (Fsp3) is 0.238. The summed E-state index contributed by atoms with van der Waals surface area (Å²) in [4.78, 5) is 25.2. The molecule has 0 spiro atoms. The number of nitrogens with one attached hydrogen (secondary N) is 1. The molecule has 1 amide bonds. The second kappa shape index (κ2) is 8.77. The van der Waals surface area contributed by atoms with E-state index in [0.717, 1.165) is 27.1 Å². The summed E-state index contributed by atoms with van der Waals surface area (Å²) in [6.07, 6.45) is 0. The summed E-state index contributed by atoms with van der Waals surface area (Å²) in [6.45, 7) is 3.03. The molecule has 0 radical (unpaired) electrons. The largest absolute Gasteiger partial charge is 0.494 e. The molecule has 0 aliphatic heterocycles. The first-order chi connectivity index (χ1) is 13.1. The van der Waals surface area contributed by atoms with Crippen molar-refractivity contribution < 1.29 is 9.53 Å². The van der Waals surface area contributed by atoms with E-state index in [-0.39, 0.29) is 17.2 Å². The van der Waals surface area contributed by atoms with Gasteiger partial charge in [0, 0.05) is 29.9 Å². The van der Waals surface area contributed by atoms with Gasteiger partial charge in [0.15, 0.2) is 0 Å². The molecule has 27 heavy (non-hydrogen) atoms. The van der Waals surface area contributed by atoms with Gasteiger partial charge in [-0.3, -0.25) is 9.59 Å². The van der Waals surface area contributed by atoms with Crippen molar-refractivity contribution in [2.45, 2.75) is 18.4 Å². The molecule has 6 heteroatoms. The third-order valence-electron chi connectivity index (χ3n) is 4.20. The maximum absolute atomic E-state index is 12.2. The van der Waals surface area contributed by atoms with Crippen LogP contribution in [0, 0.1) is 0 Å². The SMILES string of the molecule is CCOc1ccc(CNC(=O)CSc2cc(=O)n(C)c3ccccc23)cc1. The lowest BCUT2D eigenvalue weighted by molar-refractivity contribution is -0.118. The quantitative estimate of drug-likeness (QED) is 0.637. The molecular weight excluding hydrogens is 360 g/mol. The van der Waals surface area contributed by atoms with E-state index in [1.807, 2.05) is 55.5 Å². The van der Waals surface area contributed by atoms with E-state index in [1.54, 1.807) is 17.7 Å². The molecule has 0 unspecified atom stereocenters. The summed E-state index contributed by atoms with van der Waals surface area (Å²) in [6, 6.07) is 17.0. The lowest BCUT2D eigenvalue weighted by Gasteiger charge is -2.10. The number of para-hydroxylation sites is 1. The zero-order chi connectivity index (χ0) is 19.2. The van der Waals surface area contributed by atoms with E-state index in [0.29, 0.717) is 13.2 Å². The Morgan fingerprint density at radius 2 is 1.89 bits per heavy atom. The van der Waals surface area contributed by atoms with Crippen LogP contribution in [0.5, 0.6) is 5.75 Å². The second-order valence-electron chi connectivity index (χ2n) is 6.07. The van der Waals surface area contributed by atoms with E-state index >= 15 is 0 Å². The minimum absolute atomic E-state index is 0.0707. The highest BCUT2D eigenvalue weighted by molar-refractivity contribution is 8.00. The number of fused-ring (bicyclic) bond motifs is 1. The molecule has 140 valence electrons. The number of nitrogens with zero attached hydrogens (tertiary/aromatic N) is 1. The van der Waals surface area contributed by atoms with Gasteiger partial charge in [0.2, 0.25) is 5.91 Å². The van der Waals surface area contributed by atoms with Gasteiger partial charge in [-0.2, -0.15) is 0 Å². The van der Waals surface area contributed by atoms with E-state index in [1.165, 1.54) is 11.8 Å². The van der Waals surface area contributed by atoms with Gasteiger partial charge in [-0.05, 0) is 30.7 Å². The maximum atomic E-state index is 12.2. The van der Waals surface area contributed by atoms with Gasteiger partial charge >= 0.3 is 0 Å². The van der Waals surface area contributed by atoms with E-state index < -0.39 is 0 Å². The van der Waals surface area contributed by atoms with Crippen molar-refractivity contribution in [3.8, 4) is 5.75 Å². The molecular formula is C21H22N2O3S. The molecule has 3 aromatic rings. The molecule has 3 rings (SSSR count). The van der Waals surface area contributed by atoms with Crippen LogP contribution in [-0.2, 0) is 18.4 Å². The van der Waals surface area contributed by atoms with Crippen LogP contribution in [0.2, 0.25) is 0 Å². The lowest BCUT2D eigenvalue weighted by Crippen LogP contribution is -2.24. The number of benzene rings is 2. The van der Waals surface area contributed by atoms with Crippen LogP contribution in [0.15, 0.2) is 64.3 Å². The average molecular weight is 382 g/mol. The highest BCUT2D eigenvalue weighted by atomic mass is 32.2. The average Bonchev–Trinajstić information content (AvgIpc) is 2.69. The van der Waals surface area contributed by atoms with Crippen LogP contribution >= 0.6 is 11.8 Å². The number of carbonyl (C=O) groups is 1. The first kappa shape index (κ1) is 19.0. The van der Waals surface area contributed by atoms with Crippen LogP contribution in [-0.4, -0.2) is 22.8 Å². The van der Waals surface area contributed by atoms with Crippen LogP contribution in [0.3, 0.4) is 0 Å². The van der Waals surface area contributed by atoms with Gasteiger partial charge in [-0.15, -0.1) is 11.8 Å². The topological polar surface area (TPSA) is 60.3 Å². The van der Waals surface area contributed by atoms with E-state index in [2.05, 4.69) is 5.32 Å². The zero-order valence-electron chi connectivity index (χ0n) is 15.4. The fourth-order valence-corrected chi connectivity index (χ4v) is 3.67. The van der Waals surface area contributed by atoms with Gasteiger partial charge < -0.3 is 14.6 Å². The molecule has 1 heterocycles. The highest BCUT2D eigenvalue weighted by Gasteiger charge is 2.09. The van der Waals surface area contributed by atoms with Crippen molar-refractivity contribution in [3.05, 3.63) is 70.5 Å². The Bertz CT molecular complexity index is 996. The monoisotopic (exact) mass is 382 g/mol. The summed E-state index contributed by atoms with van der Waals surface area (Å²) < 4.78 is 7.03. The number of pyridine rings is 1. The van der Waals surface area contributed by atoms with Crippen LogP contribution in [0.25, 0.3) is 10.9 Å². The number of aryl methyl sites for hydroxylation is 1. The number of aromatic nitrogens is 1. The standard InChI is InChI=1S/C21H22N2O3S/c1-3-26-16-10-8-15(9-11-16)13-22-20(24)14-27-19-12-21(25)23(2)18-7-5-4-6-17(18)19/h4-12H,3,13-14H2,1-2H3,(H,22,24). The number of rotatable bonds is 7. The Morgan fingerprint density at radius 1 is 1.15 bits per heavy atom. The Kier molecular flexibility index (Phi) is 6.19. The van der Waals surface area contributed by atoms with Crippen LogP contribution < -0.4 is 15.6 Å². The van der Waals surface area contributed by atoms with Gasteiger partial charge in [0.25, 0.3) is 5.56 Å². The molecule has 5 nitrogen and oxygen atoms in total. The molecule has 0 saturated heterocycles. The number of hydrogen-bond donors (Lipinski definition) is 1. The van der Waals surface area contributed by atoms with Gasteiger partial charge in [0.05, 0.1) is 17.9 Å². The molecule has 2 aromatic carbocycles. The minimum atomic E-state index is -0.0778. The predicted molar refractivity (Wildman–Crippen MR) is 109 cm³/mol. The minimum Gasteiger partial charge on any atom is -0.494 e. The molecule has 0 bridgehead atoms. The molecule has 1 aromatic heterocycles. The molecule has 0 saturated carbocycles. The van der Waals surface area contributed by atoms with E-state index in [4.69, 9.17) is 4.74 Å². The van der Waals surface area contributed by atoms with Crippen molar-refractivity contribution in [2.75, 3.05) is 12.4 Å². The number of thioether (sulfide) groups is 1. The number of hydrogen-bond acceptors (Lipinski definition) is 4. The number of ether oxygens (including phenoxy) is 1. The summed E-state index contributed by atoms with van der Waals surface area (Å²) in [7, 11) is 1.75. The van der Waals surface area contributed by atoms with Crippen molar-refractivity contribution >= 4 is 28.6 Å². The Labute approximate surface area is 162 Å². The van der Waals surface area contributed by atoms with Crippen LogP contribution in [0.1, 0.15) is 12.5 Å². The summed E-state index contributed by atoms with van der Waals surface area (Å²) in [5.74, 6) is 1.01. The number of amides is 1. The van der Waals surface area contributed by atoms with Crippen molar-refractivity contribution in [1.82, 2.24) is 9.88 Å². The number of carbonyl (C=O) groups excluding carboxylic acids is 1. The highest BCUT2D eigenvalue weighted by Crippen LogP contribution is 2.25. The van der Waals surface area contributed by atoms with Gasteiger partial charge in [0.1, 0.15) is 5.75 Å². The van der Waals surface area contributed by atoms with Crippen molar-refractivity contribution in [3.63, 3.8) is 0 Å².